The fraction of sp³-hybridized carbons (Fsp3) is 0.391. The number of nitrogens with zero attached hydrogens (tertiary/aromatic N) is 1. The average Bonchev–Trinajstić information content (AvgIpc) is 3.05. The number of piperidine rings is 1. The molecule has 2 aliphatic rings. The SMILES string of the molecule is Cc1ccccc1C[C@H](NC(=O)C1CCCCN1S(=O)(=O)C1=CC=CCC=C1)C(N)=O. The molecule has 2 atom stereocenters. The van der Waals surface area contributed by atoms with Crippen molar-refractivity contribution in [3.63, 3.8) is 0 Å². The number of amides is 2. The van der Waals surface area contributed by atoms with Crippen molar-refractivity contribution in [2.45, 2.75) is 51.1 Å². The van der Waals surface area contributed by atoms with Gasteiger partial charge in [0.25, 0.3) is 0 Å². The van der Waals surface area contributed by atoms with Crippen LogP contribution in [-0.4, -0.2) is 43.2 Å². The van der Waals surface area contributed by atoms with Crippen LogP contribution in [0, 0.1) is 6.92 Å². The van der Waals surface area contributed by atoms with Gasteiger partial charge in [0, 0.05) is 13.0 Å². The van der Waals surface area contributed by atoms with Crippen LogP contribution in [0.1, 0.15) is 36.8 Å². The molecule has 3 N–H and O–H groups in total. The predicted molar refractivity (Wildman–Crippen MR) is 120 cm³/mol. The Bertz CT molecular complexity index is 1030. The first-order chi connectivity index (χ1) is 14.8. The van der Waals surface area contributed by atoms with Crippen molar-refractivity contribution in [3.8, 4) is 0 Å². The van der Waals surface area contributed by atoms with E-state index >= 15 is 0 Å². The fourth-order valence-corrected chi connectivity index (χ4v) is 5.57. The third-order valence-corrected chi connectivity index (χ3v) is 7.58. The second kappa shape index (κ2) is 10.1. The summed E-state index contributed by atoms with van der Waals surface area (Å²) < 4.78 is 27.8. The predicted octanol–water partition coefficient (Wildman–Crippen LogP) is 2.09. The zero-order valence-corrected chi connectivity index (χ0v) is 18.5. The molecule has 0 spiro atoms. The highest BCUT2D eigenvalue weighted by Gasteiger charge is 2.39. The summed E-state index contributed by atoms with van der Waals surface area (Å²) in [6, 6.07) is 5.77. The number of carbonyl (C=O) groups is 2. The quantitative estimate of drug-likeness (QED) is 0.672. The van der Waals surface area contributed by atoms with E-state index in [1.807, 2.05) is 37.3 Å². The van der Waals surface area contributed by atoms with E-state index in [1.165, 1.54) is 4.31 Å². The number of benzene rings is 1. The van der Waals surface area contributed by atoms with Crippen LogP contribution >= 0.6 is 0 Å². The molecule has 3 rings (SSSR count). The average molecular weight is 444 g/mol. The largest absolute Gasteiger partial charge is 0.368 e. The number of rotatable bonds is 7. The molecule has 1 aliphatic heterocycles. The van der Waals surface area contributed by atoms with Crippen LogP contribution in [0.15, 0.2) is 59.6 Å². The van der Waals surface area contributed by atoms with Gasteiger partial charge in [0.1, 0.15) is 12.1 Å². The number of carbonyl (C=O) groups excluding carboxylic acids is 2. The number of sulfonamides is 1. The van der Waals surface area contributed by atoms with Crippen molar-refractivity contribution in [2.24, 2.45) is 5.73 Å². The zero-order valence-electron chi connectivity index (χ0n) is 17.7. The van der Waals surface area contributed by atoms with E-state index in [4.69, 9.17) is 5.73 Å². The summed E-state index contributed by atoms with van der Waals surface area (Å²) in [4.78, 5) is 25.3. The lowest BCUT2D eigenvalue weighted by Gasteiger charge is -2.34. The molecule has 1 aromatic carbocycles. The lowest BCUT2D eigenvalue weighted by Crippen LogP contribution is -2.56. The van der Waals surface area contributed by atoms with Crippen LogP contribution in [0.25, 0.3) is 0 Å². The minimum absolute atomic E-state index is 0.160. The first-order valence-corrected chi connectivity index (χ1v) is 11.9. The number of aryl methyl sites for hydroxylation is 1. The van der Waals surface area contributed by atoms with Gasteiger partial charge in [-0.25, -0.2) is 8.42 Å². The summed E-state index contributed by atoms with van der Waals surface area (Å²) >= 11 is 0. The van der Waals surface area contributed by atoms with E-state index in [2.05, 4.69) is 5.32 Å². The molecular weight excluding hydrogens is 414 g/mol. The minimum Gasteiger partial charge on any atom is -0.368 e. The molecular formula is C23H29N3O4S. The van der Waals surface area contributed by atoms with Gasteiger partial charge in [-0.15, -0.1) is 0 Å². The van der Waals surface area contributed by atoms with E-state index in [1.54, 1.807) is 24.3 Å². The maximum atomic E-state index is 13.3. The molecule has 1 fully saturated rings. The van der Waals surface area contributed by atoms with Crippen LogP contribution in [0.5, 0.6) is 0 Å². The third-order valence-electron chi connectivity index (χ3n) is 5.66. The van der Waals surface area contributed by atoms with Gasteiger partial charge in [0.2, 0.25) is 21.8 Å². The molecule has 31 heavy (non-hydrogen) atoms. The Hall–Kier alpha value is -2.71. The van der Waals surface area contributed by atoms with Crippen molar-refractivity contribution >= 4 is 21.8 Å². The fourth-order valence-electron chi connectivity index (χ4n) is 3.87. The molecule has 1 heterocycles. The van der Waals surface area contributed by atoms with Gasteiger partial charge in [-0.3, -0.25) is 9.59 Å². The topological polar surface area (TPSA) is 110 Å². The zero-order chi connectivity index (χ0) is 22.4. The number of allylic oxidation sites excluding steroid dienone is 5. The Labute approximate surface area is 183 Å². The van der Waals surface area contributed by atoms with E-state index < -0.39 is 33.9 Å². The lowest BCUT2D eigenvalue weighted by molar-refractivity contribution is -0.130. The molecule has 0 bridgehead atoms. The molecule has 1 saturated heterocycles. The smallest absolute Gasteiger partial charge is 0.243 e. The van der Waals surface area contributed by atoms with E-state index in [9.17, 15) is 18.0 Å². The Morgan fingerprint density at radius 1 is 1.23 bits per heavy atom. The van der Waals surface area contributed by atoms with Gasteiger partial charge in [0.05, 0.1) is 4.91 Å². The van der Waals surface area contributed by atoms with Crippen LogP contribution < -0.4 is 11.1 Å². The van der Waals surface area contributed by atoms with Crippen molar-refractivity contribution in [1.29, 1.82) is 0 Å². The highest BCUT2D eigenvalue weighted by molar-refractivity contribution is 7.93. The van der Waals surface area contributed by atoms with Crippen LogP contribution in [-0.2, 0) is 26.0 Å². The van der Waals surface area contributed by atoms with E-state index in [0.29, 0.717) is 19.3 Å². The van der Waals surface area contributed by atoms with Crippen molar-refractivity contribution in [2.75, 3.05) is 6.54 Å². The van der Waals surface area contributed by atoms with Gasteiger partial charge in [-0.2, -0.15) is 4.31 Å². The van der Waals surface area contributed by atoms with Crippen molar-refractivity contribution in [3.05, 3.63) is 70.7 Å². The van der Waals surface area contributed by atoms with Gasteiger partial charge < -0.3 is 11.1 Å². The number of nitrogens with one attached hydrogen (secondary N) is 1. The molecule has 7 nitrogen and oxygen atoms in total. The second-order valence-corrected chi connectivity index (χ2v) is 9.75. The maximum Gasteiger partial charge on any atom is 0.243 e. The number of nitrogens with two attached hydrogens (primary N) is 1. The standard InChI is InChI=1S/C23H29N3O4S/c1-17-10-6-7-11-18(17)16-20(22(24)27)25-23(28)21-14-8-9-15-26(21)31(29,30)19-12-4-2-3-5-13-19/h2,4-7,10-13,20-21H,3,8-9,14-16H2,1H3,(H2,24,27)(H,25,28)/t20-,21?/m0/s1. The summed E-state index contributed by atoms with van der Waals surface area (Å²) in [5, 5.41) is 2.71. The molecule has 0 radical (unpaired) electrons. The van der Waals surface area contributed by atoms with Crippen molar-refractivity contribution < 1.29 is 18.0 Å². The summed E-state index contributed by atoms with van der Waals surface area (Å²) in [5.41, 5.74) is 7.45. The number of primary amides is 1. The van der Waals surface area contributed by atoms with Gasteiger partial charge in [-0.05, 0) is 49.5 Å². The number of hydrogen-bond acceptors (Lipinski definition) is 4. The Balaban J connectivity index is 1.80. The Morgan fingerprint density at radius 3 is 2.74 bits per heavy atom. The lowest BCUT2D eigenvalue weighted by atomic mass is 9.99. The monoisotopic (exact) mass is 443 g/mol. The molecule has 8 heteroatoms. The first kappa shape index (κ1) is 23.0. The second-order valence-electron chi connectivity index (χ2n) is 7.86. The Morgan fingerprint density at radius 2 is 2.00 bits per heavy atom. The summed E-state index contributed by atoms with van der Waals surface area (Å²) in [5.74, 6) is -1.14. The van der Waals surface area contributed by atoms with Crippen LogP contribution in [0.3, 0.4) is 0 Å². The highest BCUT2D eigenvalue weighted by Crippen LogP contribution is 2.26. The van der Waals surface area contributed by atoms with Gasteiger partial charge in [0.15, 0.2) is 0 Å². The van der Waals surface area contributed by atoms with Crippen LogP contribution in [0.2, 0.25) is 0 Å². The number of hydrogen-bond donors (Lipinski definition) is 2. The van der Waals surface area contributed by atoms with Gasteiger partial charge in [-0.1, -0.05) is 48.9 Å². The molecule has 0 aromatic heterocycles. The molecule has 2 amide bonds. The third kappa shape index (κ3) is 5.51. The van der Waals surface area contributed by atoms with E-state index in [-0.39, 0.29) is 17.9 Å². The highest BCUT2D eigenvalue weighted by atomic mass is 32.2. The minimum atomic E-state index is -3.84. The molecule has 1 aliphatic carbocycles. The first-order valence-electron chi connectivity index (χ1n) is 10.5. The van der Waals surface area contributed by atoms with Gasteiger partial charge >= 0.3 is 0 Å². The normalized spacial score (nSPS) is 20.5. The van der Waals surface area contributed by atoms with Crippen LogP contribution in [0.4, 0.5) is 0 Å². The summed E-state index contributed by atoms with van der Waals surface area (Å²) in [6.07, 6.45) is 11.2. The summed E-state index contributed by atoms with van der Waals surface area (Å²) in [6.45, 7) is 2.18. The molecule has 166 valence electrons. The van der Waals surface area contributed by atoms with Crippen molar-refractivity contribution in [1.82, 2.24) is 9.62 Å². The molecule has 1 aromatic rings. The Kier molecular flexibility index (Phi) is 7.46. The maximum absolute atomic E-state index is 13.3. The molecule has 0 saturated carbocycles. The summed E-state index contributed by atoms with van der Waals surface area (Å²) in [7, 11) is -3.84. The molecule has 1 unspecified atom stereocenters. The van der Waals surface area contributed by atoms with E-state index in [0.717, 1.165) is 17.5 Å².